The standard InChI is InChI=1S/C10H8N4O2/c15-9-6-12-8(5-13-9)10(16)14-7-2-1-3-11-4-7/h1-6H,(H,13,15)(H,14,16). The van der Waals surface area contributed by atoms with Gasteiger partial charge in [0.1, 0.15) is 5.69 Å². The van der Waals surface area contributed by atoms with E-state index in [1.165, 1.54) is 12.4 Å². The Morgan fingerprint density at radius 3 is 2.88 bits per heavy atom. The van der Waals surface area contributed by atoms with Gasteiger partial charge in [0.05, 0.1) is 18.1 Å². The summed E-state index contributed by atoms with van der Waals surface area (Å²) in [6.45, 7) is 0. The van der Waals surface area contributed by atoms with Crippen molar-refractivity contribution in [1.29, 1.82) is 0 Å². The van der Waals surface area contributed by atoms with Gasteiger partial charge < -0.3 is 10.3 Å². The molecule has 0 aromatic carbocycles. The Morgan fingerprint density at radius 2 is 2.25 bits per heavy atom. The van der Waals surface area contributed by atoms with Gasteiger partial charge in [-0.05, 0) is 12.1 Å². The number of aromatic amines is 1. The number of amides is 1. The normalized spacial score (nSPS) is 9.75. The van der Waals surface area contributed by atoms with Crippen LogP contribution in [0.5, 0.6) is 0 Å². The molecule has 0 spiro atoms. The molecule has 2 aromatic heterocycles. The minimum Gasteiger partial charge on any atom is -0.325 e. The lowest BCUT2D eigenvalue weighted by molar-refractivity contribution is 0.102. The average molecular weight is 216 g/mol. The molecule has 0 unspecified atom stereocenters. The van der Waals surface area contributed by atoms with Crippen molar-refractivity contribution in [3.8, 4) is 0 Å². The molecule has 0 aliphatic heterocycles. The number of nitrogens with one attached hydrogen (secondary N) is 2. The topological polar surface area (TPSA) is 87.7 Å². The van der Waals surface area contributed by atoms with Gasteiger partial charge in [-0.15, -0.1) is 0 Å². The van der Waals surface area contributed by atoms with Crippen LogP contribution in [-0.4, -0.2) is 20.9 Å². The fourth-order valence-corrected chi connectivity index (χ4v) is 1.10. The van der Waals surface area contributed by atoms with Crippen LogP contribution >= 0.6 is 0 Å². The molecule has 6 nitrogen and oxygen atoms in total. The van der Waals surface area contributed by atoms with E-state index in [2.05, 4.69) is 20.3 Å². The van der Waals surface area contributed by atoms with Crippen molar-refractivity contribution in [1.82, 2.24) is 15.0 Å². The Kier molecular flexibility index (Phi) is 2.73. The maximum atomic E-state index is 11.6. The lowest BCUT2D eigenvalue weighted by atomic mass is 10.3. The van der Waals surface area contributed by atoms with Gasteiger partial charge in [-0.2, -0.15) is 0 Å². The third kappa shape index (κ3) is 2.30. The van der Waals surface area contributed by atoms with Crippen LogP contribution in [0.2, 0.25) is 0 Å². The number of hydrogen-bond acceptors (Lipinski definition) is 4. The Hall–Kier alpha value is -2.50. The van der Waals surface area contributed by atoms with E-state index in [4.69, 9.17) is 0 Å². The smallest absolute Gasteiger partial charge is 0.275 e. The minimum atomic E-state index is -0.399. The maximum absolute atomic E-state index is 11.6. The predicted molar refractivity (Wildman–Crippen MR) is 57.0 cm³/mol. The van der Waals surface area contributed by atoms with Gasteiger partial charge in [0, 0.05) is 12.4 Å². The molecule has 0 fully saturated rings. The van der Waals surface area contributed by atoms with E-state index < -0.39 is 5.91 Å². The number of hydrogen-bond donors (Lipinski definition) is 2. The lowest BCUT2D eigenvalue weighted by Gasteiger charge is -2.02. The molecule has 0 saturated carbocycles. The first-order valence-electron chi connectivity index (χ1n) is 4.52. The zero-order valence-electron chi connectivity index (χ0n) is 8.18. The van der Waals surface area contributed by atoms with Crippen molar-refractivity contribution in [2.75, 3.05) is 5.32 Å². The summed E-state index contributed by atoms with van der Waals surface area (Å²) in [5.41, 5.74) is 0.363. The fourth-order valence-electron chi connectivity index (χ4n) is 1.10. The van der Waals surface area contributed by atoms with Crippen molar-refractivity contribution in [2.24, 2.45) is 0 Å². The highest BCUT2D eigenvalue weighted by Gasteiger charge is 2.06. The molecule has 0 aliphatic carbocycles. The van der Waals surface area contributed by atoms with Crippen LogP contribution in [0, 0.1) is 0 Å². The molecule has 1 amide bonds. The first-order valence-corrected chi connectivity index (χ1v) is 4.52. The SMILES string of the molecule is O=C(Nc1cccnc1)c1c[nH]c(=O)cn1. The van der Waals surface area contributed by atoms with E-state index in [0.29, 0.717) is 5.69 Å². The molecule has 0 saturated heterocycles. The van der Waals surface area contributed by atoms with E-state index >= 15 is 0 Å². The summed E-state index contributed by atoms with van der Waals surface area (Å²) in [7, 11) is 0. The monoisotopic (exact) mass is 216 g/mol. The van der Waals surface area contributed by atoms with E-state index in [0.717, 1.165) is 6.20 Å². The van der Waals surface area contributed by atoms with Gasteiger partial charge in [0.2, 0.25) is 0 Å². The van der Waals surface area contributed by atoms with Crippen molar-refractivity contribution in [3.63, 3.8) is 0 Å². The summed E-state index contributed by atoms with van der Waals surface area (Å²) in [4.78, 5) is 32.3. The number of anilines is 1. The zero-order valence-corrected chi connectivity index (χ0v) is 8.18. The lowest BCUT2D eigenvalue weighted by Crippen LogP contribution is -2.16. The van der Waals surface area contributed by atoms with Crippen molar-refractivity contribution in [3.05, 3.63) is 53.0 Å². The summed E-state index contributed by atoms with van der Waals surface area (Å²) in [5, 5.41) is 2.59. The van der Waals surface area contributed by atoms with Gasteiger partial charge in [-0.25, -0.2) is 4.98 Å². The Bertz CT molecular complexity index is 530. The number of pyridine rings is 1. The second kappa shape index (κ2) is 4.35. The molecule has 0 radical (unpaired) electrons. The molecule has 6 heteroatoms. The summed E-state index contributed by atoms with van der Waals surface area (Å²) in [6.07, 6.45) is 5.43. The second-order valence-corrected chi connectivity index (χ2v) is 2.99. The Labute approximate surface area is 90.4 Å². The van der Waals surface area contributed by atoms with Crippen LogP contribution in [0.3, 0.4) is 0 Å². The number of carbonyl (C=O) groups is 1. The quantitative estimate of drug-likeness (QED) is 0.761. The number of nitrogens with zero attached hydrogens (tertiary/aromatic N) is 2. The van der Waals surface area contributed by atoms with Crippen LogP contribution in [0.1, 0.15) is 10.5 Å². The molecule has 16 heavy (non-hydrogen) atoms. The molecule has 2 aromatic rings. The summed E-state index contributed by atoms with van der Waals surface area (Å²) in [6, 6.07) is 3.41. The third-order valence-corrected chi connectivity index (χ3v) is 1.82. The van der Waals surface area contributed by atoms with Crippen LogP contribution < -0.4 is 10.9 Å². The van der Waals surface area contributed by atoms with Gasteiger partial charge in [-0.1, -0.05) is 0 Å². The largest absolute Gasteiger partial charge is 0.325 e. The highest BCUT2D eigenvalue weighted by molar-refractivity contribution is 6.02. The second-order valence-electron chi connectivity index (χ2n) is 2.99. The van der Waals surface area contributed by atoms with Crippen LogP contribution in [0.15, 0.2) is 41.7 Å². The molecule has 80 valence electrons. The van der Waals surface area contributed by atoms with Gasteiger partial charge >= 0.3 is 0 Å². The fraction of sp³-hybridized carbons (Fsp3) is 0. The molecule has 0 aliphatic rings. The van der Waals surface area contributed by atoms with Crippen LogP contribution in [0.25, 0.3) is 0 Å². The molecule has 2 N–H and O–H groups in total. The molecule has 0 atom stereocenters. The highest BCUT2D eigenvalue weighted by atomic mass is 16.2. The molecule has 2 heterocycles. The molecule has 2 rings (SSSR count). The van der Waals surface area contributed by atoms with E-state index in [1.54, 1.807) is 18.3 Å². The number of aromatic nitrogens is 3. The van der Waals surface area contributed by atoms with Gasteiger partial charge in [0.15, 0.2) is 0 Å². The minimum absolute atomic E-state index is 0.142. The number of H-pyrrole nitrogens is 1. The van der Waals surface area contributed by atoms with Crippen molar-refractivity contribution in [2.45, 2.75) is 0 Å². The van der Waals surface area contributed by atoms with Gasteiger partial charge in [0.25, 0.3) is 11.5 Å². The Morgan fingerprint density at radius 1 is 1.38 bits per heavy atom. The van der Waals surface area contributed by atoms with Gasteiger partial charge in [-0.3, -0.25) is 14.6 Å². The summed E-state index contributed by atoms with van der Waals surface area (Å²) < 4.78 is 0. The van der Waals surface area contributed by atoms with Crippen LogP contribution in [-0.2, 0) is 0 Å². The first kappa shape index (κ1) is 10.0. The summed E-state index contributed by atoms with van der Waals surface area (Å²) in [5.74, 6) is -0.399. The van der Waals surface area contributed by atoms with E-state index in [1.807, 2.05) is 0 Å². The molecule has 0 bridgehead atoms. The summed E-state index contributed by atoms with van der Waals surface area (Å²) >= 11 is 0. The zero-order chi connectivity index (χ0) is 11.4. The number of rotatable bonds is 2. The van der Waals surface area contributed by atoms with Crippen molar-refractivity contribution >= 4 is 11.6 Å². The Balaban J connectivity index is 2.15. The molecular weight excluding hydrogens is 208 g/mol. The highest BCUT2D eigenvalue weighted by Crippen LogP contribution is 2.04. The van der Waals surface area contributed by atoms with Crippen molar-refractivity contribution < 1.29 is 4.79 Å². The van der Waals surface area contributed by atoms with E-state index in [9.17, 15) is 9.59 Å². The molecular formula is C10H8N4O2. The number of carbonyl (C=O) groups excluding carboxylic acids is 1. The average Bonchev–Trinajstić information content (AvgIpc) is 2.31. The third-order valence-electron chi connectivity index (χ3n) is 1.82. The first-order chi connectivity index (χ1) is 7.75. The van der Waals surface area contributed by atoms with E-state index in [-0.39, 0.29) is 11.3 Å². The predicted octanol–water partition coefficient (Wildman–Crippen LogP) is 0.417. The van der Waals surface area contributed by atoms with Crippen LogP contribution in [0.4, 0.5) is 5.69 Å². The maximum Gasteiger partial charge on any atom is 0.275 e.